The van der Waals surface area contributed by atoms with Crippen molar-refractivity contribution >= 4 is 21.9 Å². The summed E-state index contributed by atoms with van der Waals surface area (Å²) in [5.74, 6) is -1.24. The van der Waals surface area contributed by atoms with E-state index in [1.54, 1.807) is 12.1 Å². The molecular formula is C12H12BrFO3. The summed E-state index contributed by atoms with van der Waals surface area (Å²) in [5, 5.41) is 8.71. The van der Waals surface area contributed by atoms with Crippen LogP contribution in [0.5, 0.6) is 0 Å². The fourth-order valence-corrected chi connectivity index (χ4v) is 2.41. The fraction of sp³-hybridized carbons (Fsp3) is 0.417. The lowest BCUT2D eigenvalue weighted by Crippen LogP contribution is -2.42. The van der Waals surface area contributed by atoms with Crippen LogP contribution in [-0.4, -0.2) is 17.7 Å². The molecule has 1 heterocycles. The average Bonchev–Trinajstić information content (AvgIpc) is 2.21. The van der Waals surface area contributed by atoms with Crippen LogP contribution in [0.3, 0.4) is 0 Å². The molecule has 1 fully saturated rings. The molecule has 5 heteroatoms. The number of hydrogen-bond donors (Lipinski definition) is 1. The van der Waals surface area contributed by atoms with Crippen LogP contribution in [-0.2, 0) is 15.1 Å². The third-order valence-corrected chi connectivity index (χ3v) is 3.54. The summed E-state index contributed by atoms with van der Waals surface area (Å²) >= 11 is 3.28. The highest BCUT2D eigenvalue weighted by atomic mass is 79.9. The second kappa shape index (κ2) is 4.74. The molecule has 0 bridgehead atoms. The van der Waals surface area contributed by atoms with Crippen molar-refractivity contribution in [1.29, 1.82) is 0 Å². The molecule has 2 rings (SSSR count). The summed E-state index contributed by atoms with van der Waals surface area (Å²) in [5.41, 5.74) is -0.314. The summed E-state index contributed by atoms with van der Waals surface area (Å²) in [6.07, 6.45) is 0.940. The van der Waals surface area contributed by atoms with Gasteiger partial charge in [0.15, 0.2) is 0 Å². The van der Waals surface area contributed by atoms with Gasteiger partial charge in [-0.05, 0) is 24.6 Å². The Morgan fingerprint density at radius 2 is 2.29 bits per heavy atom. The van der Waals surface area contributed by atoms with Gasteiger partial charge in [0.2, 0.25) is 0 Å². The molecule has 0 saturated carbocycles. The molecule has 1 aromatic rings. The zero-order valence-electron chi connectivity index (χ0n) is 9.08. The Morgan fingerprint density at radius 1 is 1.59 bits per heavy atom. The van der Waals surface area contributed by atoms with Gasteiger partial charge in [0, 0.05) is 22.9 Å². The Balaban J connectivity index is 2.27. The molecule has 1 saturated heterocycles. The van der Waals surface area contributed by atoms with Crippen LogP contribution < -0.4 is 0 Å². The highest BCUT2D eigenvalue weighted by molar-refractivity contribution is 9.10. The quantitative estimate of drug-likeness (QED) is 0.930. The maximum Gasteiger partial charge on any atom is 0.303 e. The number of halogens is 2. The van der Waals surface area contributed by atoms with Gasteiger partial charge >= 0.3 is 5.97 Å². The highest BCUT2D eigenvalue weighted by Crippen LogP contribution is 2.43. The molecule has 92 valence electrons. The number of carbonyl (C=O) groups is 1. The molecule has 0 amide bonds. The number of carboxylic acid groups (broad SMARTS) is 1. The van der Waals surface area contributed by atoms with E-state index in [-0.39, 0.29) is 12.2 Å². The first kappa shape index (κ1) is 12.5. The second-order valence-corrected chi connectivity index (χ2v) is 5.03. The van der Waals surface area contributed by atoms with Crippen molar-refractivity contribution in [1.82, 2.24) is 0 Å². The van der Waals surface area contributed by atoms with Crippen molar-refractivity contribution in [2.24, 2.45) is 0 Å². The van der Waals surface area contributed by atoms with E-state index in [0.717, 1.165) is 4.47 Å². The Hall–Kier alpha value is -0.940. The van der Waals surface area contributed by atoms with E-state index in [0.29, 0.717) is 25.0 Å². The Kier molecular flexibility index (Phi) is 3.49. The van der Waals surface area contributed by atoms with Crippen LogP contribution in [0.2, 0.25) is 0 Å². The Labute approximate surface area is 107 Å². The largest absolute Gasteiger partial charge is 0.481 e. The molecule has 0 spiro atoms. The summed E-state index contributed by atoms with van der Waals surface area (Å²) in [6, 6.07) is 4.64. The van der Waals surface area contributed by atoms with E-state index in [9.17, 15) is 9.18 Å². The van der Waals surface area contributed by atoms with Crippen LogP contribution >= 0.6 is 15.9 Å². The lowest BCUT2D eigenvalue weighted by molar-refractivity contribution is -0.167. The molecule has 1 atom stereocenters. The second-order valence-electron chi connectivity index (χ2n) is 4.11. The molecule has 0 radical (unpaired) electrons. The zero-order chi connectivity index (χ0) is 12.5. The molecule has 0 aliphatic carbocycles. The number of hydrogen-bond acceptors (Lipinski definition) is 2. The van der Waals surface area contributed by atoms with Gasteiger partial charge in [0.1, 0.15) is 5.82 Å². The maximum atomic E-state index is 13.8. The lowest BCUT2D eigenvalue weighted by atomic mass is 9.82. The molecule has 1 N–H and O–H groups in total. The van der Waals surface area contributed by atoms with Gasteiger partial charge in [-0.15, -0.1) is 0 Å². The zero-order valence-corrected chi connectivity index (χ0v) is 10.7. The van der Waals surface area contributed by atoms with Crippen molar-refractivity contribution in [2.45, 2.75) is 24.9 Å². The Morgan fingerprint density at radius 3 is 2.82 bits per heavy atom. The lowest BCUT2D eigenvalue weighted by Gasteiger charge is -2.42. The van der Waals surface area contributed by atoms with Crippen molar-refractivity contribution in [3.05, 3.63) is 34.1 Å². The minimum absolute atomic E-state index is 0.0219. The van der Waals surface area contributed by atoms with Crippen LogP contribution in [0.1, 0.15) is 24.8 Å². The SMILES string of the molecule is O=C(O)CCC1(c2cc(Br)ccc2F)CCO1. The van der Waals surface area contributed by atoms with Gasteiger partial charge in [-0.3, -0.25) is 4.79 Å². The maximum absolute atomic E-state index is 13.8. The number of carboxylic acids is 1. The molecule has 3 nitrogen and oxygen atoms in total. The molecule has 1 aliphatic rings. The minimum atomic E-state index is -0.893. The number of rotatable bonds is 4. The predicted molar refractivity (Wildman–Crippen MR) is 63.2 cm³/mol. The van der Waals surface area contributed by atoms with E-state index in [1.807, 2.05) is 0 Å². The monoisotopic (exact) mass is 302 g/mol. The molecule has 17 heavy (non-hydrogen) atoms. The summed E-state index contributed by atoms with van der Waals surface area (Å²) < 4.78 is 20.0. The predicted octanol–water partition coefficient (Wildman–Crippen LogP) is 3.07. The van der Waals surface area contributed by atoms with Gasteiger partial charge in [0.25, 0.3) is 0 Å². The smallest absolute Gasteiger partial charge is 0.303 e. The van der Waals surface area contributed by atoms with E-state index in [1.165, 1.54) is 6.07 Å². The molecule has 0 aromatic heterocycles. The molecule has 1 aliphatic heterocycles. The summed E-state index contributed by atoms with van der Waals surface area (Å²) in [4.78, 5) is 10.6. The van der Waals surface area contributed by atoms with Crippen LogP contribution in [0.4, 0.5) is 4.39 Å². The molecular weight excluding hydrogens is 291 g/mol. The van der Waals surface area contributed by atoms with Crippen LogP contribution in [0.15, 0.2) is 22.7 Å². The van der Waals surface area contributed by atoms with Crippen molar-refractivity contribution < 1.29 is 19.0 Å². The molecule has 1 unspecified atom stereocenters. The van der Waals surface area contributed by atoms with E-state index < -0.39 is 11.6 Å². The van der Waals surface area contributed by atoms with Crippen LogP contribution in [0, 0.1) is 5.82 Å². The standard InChI is InChI=1S/C12H12BrFO3/c13-8-1-2-10(14)9(7-8)12(5-6-17-12)4-3-11(15)16/h1-2,7H,3-6H2,(H,15,16). The van der Waals surface area contributed by atoms with E-state index in [2.05, 4.69) is 15.9 Å². The number of benzene rings is 1. The van der Waals surface area contributed by atoms with E-state index >= 15 is 0 Å². The number of aliphatic carboxylic acids is 1. The van der Waals surface area contributed by atoms with Crippen molar-refractivity contribution in [2.75, 3.05) is 6.61 Å². The van der Waals surface area contributed by atoms with Gasteiger partial charge < -0.3 is 9.84 Å². The normalized spacial score (nSPS) is 23.2. The van der Waals surface area contributed by atoms with Gasteiger partial charge in [0.05, 0.1) is 12.2 Å². The minimum Gasteiger partial charge on any atom is -0.481 e. The van der Waals surface area contributed by atoms with Gasteiger partial charge in [-0.2, -0.15) is 0 Å². The molecule has 1 aromatic carbocycles. The first-order chi connectivity index (χ1) is 8.03. The van der Waals surface area contributed by atoms with Gasteiger partial charge in [-0.1, -0.05) is 15.9 Å². The van der Waals surface area contributed by atoms with Crippen molar-refractivity contribution in [3.8, 4) is 0 Å². The average molecular weight is 303 g/mol. The first-order valence-corrected chi connectivity index (χ1v) is 6.14. The highest BCUT2D eigenvalue weighted by Gasteiger charge is 2.42. The third kappa shape index (κ3) is 2.50. The fourth-order valence-electron chi connectivity index (χ4n) is 2.05. The Bertz CT molecular complexity index is 443. The first-order valence-electron chi connectivity index (χ1n) is 5.35. The third-order valence-electron chi connectivity index (χ3n) is 3.05. The van der Waals surface area contributed by atoms with Crippen molar-refractivity contribution in [3.63, 3.8) is 0 Å². The summed E-state index contributed by atoms with van der Waals surface area (Å²) in [6.45, 7) is 0.547. The van der Waals surface area contributed by atoms with Crippen LogP contribution in [0.25, 0.3) is 0 Å². The topological polar surface area (TPSA) is 46.5 Å². The van der Waals surface area contributed by atoms with Gasteiger partial charge in [-0.25, -0.2) is 4.39 Å². The summed E-state index contributed by atoms with van der Waals surface area (Å²) in [7, 11) is 0. The number of ether oxygens (including phenoxy) is 1. The van der Waals surface area contributed by atoms with E-state index in [4.69, 9.17) is 9.84 Å².